The van der Waals surface area contributed by atoms with Crippen LogP contribution in [0.25, 0.3) is 0 Å². The number of esters is 1. The molecule has 0 amide bonds. The largest absolute Gasteiger partial charge is 0.481 e. The van der Waals surface area contributed by atoms with Crippen molar-refractivity contribution in [1.29, 1.82) is 0 Å². The number of ether oxygens (including phenoxy) is 1. The van der Waals surface area contributed by atoms with Crippen LogP contribution in [0, 0.1) is 0 Å². The molecule has 0 radical (unpaired) electrons. The smallest absolute Gasteiger partial charge is 0.306 e. The topological polar surface area (TPSA) is 63.6 Å². The molecule has 1 unspecified atom stereocenters. The van der Waals surface area contributed by atoms with Gasteiger partial charge >= 0.3 is 11.9 Å². The molecule has 0 aliphatic rings. The molecule has 0 aromatic rings. The average Bonchev–Trinajstić information content (AvgIpc) is 3.05. The van der Waals surface area contributed by atoms with Gasteiger partial charge in [0.15, 0.2) is 0 Å². The number of carboxylic acids is 1. The van der Waals surface area contributed by atoms with Gasteiger partial charge in [0.1, 0.15) is 6.10 Å². The summed E-state index contributed by atoms with van der Waals surface area (Å²) in [6, 6.07) is 0. The number of unbranched alkanes of at least 4 members (excludes halogenated alkanes) is 24. The van der Waals surface area contributed by atoms with E-state index in [9.17, 15) is 9.59 Å². The molecule has 0 rings (SSSR count). The number of aliphatic carboxylic acids is 1. The molecule has 47 heavy (non-hydrogen) atoms. The SMILES string of the molecule is CC/C=C\C/C=C\C/C=C\C(CCCCCCC(=O)O)OC(=O)CCCCCCCCCCCCCCCCCCCCCCCC. The Labute approximate surface area is 292 Å². The lowest BCUT2D eigenvalue weighted by atomic mass is 10.0. The van der Waals surface area contributed by atoms with E-state index in [1.165, 1.54) is 128 Å². The first-order valence-electron chi connectivity index (χ1n) is 20.5. The molecule has 0 bridgehead atoms. The van der Waals surface area contributed by atoms with E-state index in [2.05, 4.69) is 44.2 Å². The zero-order chi connectivity index (χ0) is 34.3. The Morgan fingerprint density at radius 2 is 0.872 bits per heavy atom. The van der Waals surface area contributed by atoms with E-state index < -0.39 is 5.97 Å². The molecule has 0 spiro atoms. The number of hydrogen-bond donors (Lipinski definition) is 1. The number of rotatable bonds is 37. The second-order valence-electron chi connectivity index (χ2n) is 13.8. The molecule has 0 saturated heterocycles. The second-order valence-corrected chi connectivity index (χ2v) is 13.8. The lowest BCUT2D eigenvalue weighted by Crippen LogP contribution is -2.16. The van der Waals surface area contributed by atoms with Crippen molar-refractivity contribution in [1.82, 2.24) is 0 Å². The fourth-order valence-electron chi connectivity index (χ4n) is 6.12. The summed E-state index contributed by atoms with van der Waals surface area (Å²) in [5, 5.41) is 8.82. The molecule has 1 N–H and O–H groups in total. The maximum absolute atomic E-state index is 12.6. The summed E-state index contributed by atoms with van der Waals surface area (Å²) in [5.74, 6) is -0.813. The highest BCUT2D eigenvalue weighted by Crippen LogP contribution is 2.17. The third-order valence-corrected chi connectivity index (χ3v) is 9.11. The molecular weight excluding hydrogens is 580 g/mol. The minimum atomic E-state index is -0.728. The van der Waals surface area contributed by atoms with Gasteiger partial charge in [-0.2, -0.15) is 0 Å². The normalized spacial score (nSPS) is 12.6. The fraction of sp³-hybridized carbons (Fsp3) is 0.814. The first-order valence-corrected chi connectivity index (χ1v) is 20.5. The van der Waals surface area contributed by atoms with Gasteiger partial charge in [0, 0.05) is 12.8 Å². The van der Waals surface area contributed by atoms with Gasteiger partial charge in [-0.15, -0.1) is 0 Å². The Bertz CT molecular complexity index is 753. The van der Waals surface area contributed by atoms with Crippen LogP contribution < -0.4 is 0 Å². The zero-order valence-electron chi connectivity index (χ0n) is 31.3. The van der Waals surface area contributed by atoms with Crippen molar-refractivity contribution in [3.8, 4) is 0 Å². The molecule has 4 heteroatoms. The molecule has 0 aromatic heterocycles. The quantitative estimate of drug-likeness (QED) is 0.0410. The minimum absolute atomic E-state index is 0.0843. The third kappa shape index (κ3) is 38.5. The molecule has 0 aromatic carbocycles. The summed E-state index contributed by atoms with van der Waals surface area (Å²) in [6.07, 6.45) is 50.6. The van der Waals surface area contributed by atoms with E-state index in [1.54, 1.807) is 0 Å². The average molecular weight is 659 g/mol. The summed E-state index contributed by atoms with van der Waals surface area (Å²) in [4.78, 5) is 23.3. The van der Waals surface area contributed by atoms with Crippen LogP contribution in [0.4, 0.5) is 0 Å². The van der Waals surface area contributed by atoms with E-state index in [4.69, 9.17) is 9.84 Å². The van der Waals surface area contributed by atoms with E-state index in [0.717, 1.165) is 57.8 Å². The summed E-state index contributed by atoms with van der Waals surface area (Å²) < 4.78 is 5.85. The van der Waals surface area contributed by atoms with Crippen LogP contribution >= 0.6 is 0 Å². The zero-order valence-corrected chi connectivity index (χ0v) is 31.3. The van der Waals surface area contributed by atoms with E-state index >= 15 is 0 Å². The molecule has 274 valence electrons. The van der Waals surface area contributed by atoms with Gasteiger partial charge in [-0.3, -0.25) is 9.59 Å². The van der Waals surface area contributed by atoms with Crippen LogP contribution in [0.1, 0.15) is 219 Å². The van der Waals surface area contributed by atoms with Gasteiger partial charge in [-0.25, -0.2) is 0 Å². The Morgan fingerprint density at radius 3 is 1.32 bits per heavy atom. The van der Waals surface area contributed by atoms with Crippen molar-refractivity contribution in [3.05, 3.63) is 36.5 Å². The van der Waals surface area contributed by atoms with E-state index in [0.29, 0.717) is 12.8 Å². The predicted octanol–water partition coefficient (Wildman–Crippen LogP) is 14.2. The summed E-state index contributed by atoms with van der Waals surface area (Å²) >= 11 is 0. The van der Waals surface area contributed by atoms with Gasteiger partial charge in [-0.1, -0.05) is 192 Å². The Kier molecular flexibility index (Phi) is 37.1. The number of carboxylic acid groups (broad SMARTS) is 1. The summed E-state index contributed by atoms with van der Waals surface area (Å²) in [7, 11) is 0. The van der Waals surface area contributed by atoms with Crippen LogP contribution in [-0.2, 0) is 14.3 Å². The van der Waals surface area contributed by atoms with E-state index in [1.807, 2.05) is 6.08 Å². The van der Waals surface area contributed by atoms with Crippen LogP contribution in [0.3, 0.4) is 0 Å². The van der Waals surface area contributed by atoms with Crippen LogP contribution in [0.2, 0.25) is 0 Å². The molecule has 0 fully saturated rings. The highest BCUT2D eigenvalue weighted by Gasteiger charge is 2.11. The van der Waals surface area contributed by atoms with Crippen LogP contribution in [-0.4, -0.2) is 23.1 Å². The van der Waals surface area contributed by atoms with Crippen molar-refractivity contribution < 1.29 is 19.4 Å². The van der Waals surface area contributed by atoms with Crippen molar-refractivity contribution >= 4 is 11.9 Å². The van der Waals surface area contributed by atoms with Gasteiger partial charge in [0.05, 0.1) is 0 Å². The lowest BCUT2D eigenvalue weighted by molar-refractivity contribution is -0.147. The van der Waals surface area contributed by atoms with Crippen LogP contribution in [0.15, 0.2) is 36.5 Å². The van der Waals surface area contributed by atoms with Crippen molar-refractivity contribution in [3.63, 3.8) is 0 Å². The lowest BCUT2D eigenvalue weighted by Gasteiger charge is -2.14. The van der Waals surface area contributed by atoms with Gasteiger partial charge in [-0.05, 0) is 51.0 Å². The first kappa shape index (κ1) is 45.2. The van der Waals surface area contributed by atoms with Crippen LogP contribution in [0.5, 0.6) is 0 Å². The highest BCUT2D eigenvalue weighted by molar-refractivity contribution is 5.69. The van der Waals surface area contributed by atoms with Crippen molar-refractivity contribution in [2.45, 2.75) is 225 Å². The summed E-state index contributed by atoms with van der Waals surface area (Å²) in [5.41, 5.74) is 0. The minimum Gasteiger partial charge on any atom is -0.481 e. The number of hydrogen-bond acceptors (Lipinski definition) is 3. The monoisotopic (exact) mass is 659 g/mol. The fourth-order valence-corrected chi connectivity index (χ4v) is 6.12. The molecule has 0 saturated carbocycles. The molecule has 1 atom stereocenters. The number of allylic oxidation sites excluding steroid dienone is 5. The first-order chi connectivity index (χ1) is 23.1. The predicted molar refractivity (Wildman–Crippen MR) is 204 cm³/mol. The standard InChI is InChI=1S/C43H78O4/c1-3-5-7-9-11-13-14-15-16-17-18-19-20-21-22-23-24-25-26-28-30-36-40-43(46)47-41(38-34-31-32-35-39-42(44)45)37-33-29-27-12-10-8-6-4-2/h6,8,12,27,33,37,41H,3-5,7,9-11,13-26,28-32,34-36,38-40H2,1-2H3,(H,44,45)/b8-6-,27-12-,37-33-. The van der Waals surface area contributed by atoms with Gasteiger partial charge in [0.25, 0.3) is 0 Å². The van der Waals surface area contributed by atoms with Gasteiger partial charge in [0.2, 0.25) is 0 Å². The number of carbonyl (C=O) groups excluding carboxylic acids is 1. The molecule has 0 heterocycles. The third-order valence-electron chi connectivity index (χ3n) is 9.11. The maximum Gasteiger partial charge on any atom is 0.306 e. The van der Waals surface area contributed by atoms with E-state index in [-0.39, 0.29) is 18.5 Å². The van der Waals surface area contributed by atoms with Crippen molar-refractivity contribution in [2.75, 3.05) is 0 Å². The Hall–Kier alpha value is -1.84. The Balaban J connectivity index is 3.81. The maximum atomic E-state index is 12.6. The number of carbonyl (C=O) groups is 2. The molecule has 0 aliphatic carbocycles. The molecule has 4 nitrogen and oxygen atoms in total. The highest BCUT2D eigenvalue weighted by atomic mass is 16.5. The Morgan fingerprint density at radius 1 is 0.489 bits per heavy atom. The molecular formula is C43H78O4. The second kappa shape index (κ2) is 38.6. The van der Waals surface area contributed by atoms with Gasteiger partial charge < -0.3 is 9.84 Å². The summed E-state index contributed by atoms with van der Waals surface area (Å²) in [6.45, 7) is 4.43. The van der Waals surface area contributed by atoms with Crippen molar-refractivity contribution in [2.24, 2.45) is 0 Å². The molecule has 0 aliphatic heterocycles.